The molecule has 3 unspecified atom stereocenters. The minimum absolute atomic E-state index is 0.000473. The zero-order valence-corrected chi connectivity index (χ0v) is 13.5. The van der Waals surface area contributed by atoms with Crippen LogP contribution in [0.3, 0.4) is 0 Å². The molecule has 1 fully saturated rings. The van der Waals surface area contributed by atoms with Gasteiger partial charge in [0.25, 0.3) is 0 Å². The Morgan fingerprint density at radius 1 is 1.19 bits per heavy atom. The number of aliphatic hydroxyl groups excluding tert-OH is 2. The lowest BCUT2D eigenvalue weighted by Crippen LogP contribution is -2.53. The van der Waals surface area contributed by atoms with E-state index in [0.29, 0.717) is 12.8 Å². The van der Waals surface area contributed by atoms with Crippen molar-refractivity contribution in [3.05, 3.63) is 0 Å². The number of hydrogen-bond acceptors (Lipinski definition) is 5. The third kappa shape index (κ3) is 3.37. The van der Waals surface area contributed by atoms with Crippen LogP contribution in [0, 0.1) is 16.7 Å². The van der Waals surface area contributed by atoms with Crippen molar-refractivity contribution in [2.45, 2.75) is 52.7 Å². The zero-order valence-electron chi connectivity index (χ0n) is 13.5. The Kier molecular flexibility index (Phi) is 5.39. The van der Waals surface area contributed by atoms with Gasteiger partial charge in [-0.3, -0.25) is 9.59 Å². The van der Waals surface area contributed by atoms with Gasteiger partial charge < -0.3 is 20.3 Å². The van der Waals surface area contributed by atoms with Crippen LogP contribution in [0.5, 0.6) is 0 Å². The van der Waals surface area contributed by atoms with Gasteiger partial charge in [0.2, 0.25) is 5.91 Å². The molecule has 122 valence electrons. The molecule has 1 saturated carbocycles. The van der Waals surface area contributed by atoms with Gasteiger partial charge in [-0.05, 0) is 46.5 Å². The van der Waals surface area contributed by atoms with Gasteiger partial charge in [0.1, 0.15) is 0 Å². The largest absolute Gasteiger partial charge is 0.469 e. The summed E-state index contributed by atoms with van der Waals surface area (Å²) >= 11 is 0. The molecular formula is C15H27NO5. The Morgan fingerprint density at radius 2 is 1.76 bits per heavy atom. The minimum atomic E-state index is -0.994. The van der Waals surface area contributed by atoms with Crippen LogP contribution < -0.4 is 5.32 Å². The third-order valence-electron chi connectivity index (χ3n) is 5.03. The van der Waals surface area contributed by atoms with Crippen molar-refractivity contribution in [2.75, 3.05) is 13.7 Å². The minimum Gasteiger partial charge on any atom is -0.469 e. The fourth-order valence-electron chi connectivity index (χ4n) is 2.57. The summed E-state index contributed by atoms with van der Waals surface area (Å²) in [7, 11) is 1.30. The molecule has 0 heterocycles. The standard InChI is InChI=1S/C15H27NO5/c1-14(2,15(3,4)13(20)21-5)12(19)16-10-6-9(8-17)7-11(10)18/h9-11,17-18H,6-8H2,1-5H3,(H,16,19). The molecule has 0 spiro atoms. The number of nitrogens with one attached hydrogen (secondary N) is 1. The number of ether oxygens (including phenoxy) is 1. The number of aliphatic hydroxyl groups is 2. The summed E-state index contributed by atoms with van der Waals surface area (Å²) in [5.41, 5.74) is -1.98. The molecule has 1 rings (SSSR count). The second kappa shape index (κ2) is 6.32. The van der Waals surface area contributed by atoms with Gasteiger partial charge in [0, 0.05) is 6.61 Å². The van der Waals surface area contributed by atoms with Gasteiger partial charge >= 0.3 is 5.97 Å². The summed E-state index contributed by atoms with van der Waals surface area (Å²) in [4.78, 5) is 24.4. The van der Waals surface area contributed by atoms with Gasteiger partial charge in [-0.15, -0.1) is 0 Å². The van der Waals surface area contributed by atoms with Crippen molar-refractivity contribution < 1.29 is 24.5 Å². The van der Waals surface area contributed by atoms with E-state index in [2.05, 4.69) is 5.32 Å². The first-order chi connectivity index (χ1) is 9.57. The summed E-state index contributed by atoms with van der Waals surface area (Å²) in [6, 6.07) is -0.387. The predicted octanol–water partition coefficient (Wildman–Crippen LogP) is 0.460. The average Bonchev–Trinajstić information content (AvgIpc) is 2.77. The number of amides is 1. The molecule has 0 saturated heterocycles. The number of methoxy groups -OCH3 is 1. The molecule has 3 atom stereocenters. The first-order valence-electron chi connectivity index (χ1n) is 7.26. The van der Waals surface area contributed by atoms with Gasteiger partial charge in [0.15, 0.2) is 0 Å². The smallest absolute Gasteiger partial charge is 0.312 e. The van der Waals surface area contributed by atoms with Gasteiger partial charge in [-0.1, -0.05) is 0 Å². The Morgan fingerprint density at radius 3 is 2.19 bits per heavy atom. The number of hydrogen-bond donors (Lipinski definition) is 3. The Labute approximate surface area is 125 Å². The van der Waals surface area contributed by atoms with E-state index >= 15 is 0 Å². The second-order valence-electron chi connectivity index (χ2n) is 6.91. The van der Waals surface area contributed by atoms with E-state index in [-0.39, 0.29) is 24.5 Å². The number of rotatable bonds is 5. The number of carbonyl (C=O) groups excluding carboxylic acids is 2. The van der Waals surface area contributed by atoms with Crippen LogP contribution in [0.25, 0.3) is 0 Å². The fraction of sp³-hybridized carbons (Fsp3) is 0.867. The van der Waals surface area contributed by atoms with Gasteiger partial charge in [0.05, 0.1) is 30.1 Å². The Balaban J connectivity index is 2.81. The van der Waals surface area contributed by atoms with Crippen LogP contribution in [0.4, 0.5) is 0 Å². The zero-order chi connectivity index (χ0) is 16.4. The molecule has 6 heteroatoms. The van der Waals surface area contributed by atoms with Crippen LogP contribution >= 0.6 is 0 Å². The lowest BCUT2D eigenvalue weighted by molar-refractivity contribution is -0.163. The van der Waals surface area contributed by atoms with E-state index in [1.807, 2.05) is 0 Å². The van der Waals surface area contributed by atoms with Gasteiger partial charge in [-0.2, -0.15) is 0 Å². The maximum absolute atomic E-state index is 12.5. The van der Waals surface area contributed by atoms with E-state index < -0.39 is 22.9 Å². The van der Waals surface area contributed by atoms with Crippen molar-refractivity contribution in [1.82, 2.24) is 5.32 Å². The number of carbonyl (C=O) groups is 2. The average molecular weight is 301 g/mol. The van der Waals surface area contributed by atoms with Gasteiger partial charge in [-0.25, -0.2) is 0 Å². The molecule has 6 nitrogen and oxygen atoms in total. The van der Waals surface area contributed by atoms with Crippen molar-refractivity contribution in [2.24, 2.45) is 16.7 Å². The highest BCUT2D eigenvalue weighted by Crippen LogP contribution is 2.40. The highest BCUT2D eigenvalue weighted by atomic mass is 16.5. The molecular weight excluding hydrogens is 274 g/mol. The Bertz CT molecular complexity index is 405. The van der Waals surface area contributed by atoms with Crippen LogP contribution in [-0.2, 0) is 14.3 Å². The normalized spacial score (nSPS) is 26.5. The SMILES string of the molecule is COC(=O)C(C)(C)C(C)(C)C(=O)NC1CC(CO)CC1O. The third-order valence-corrected chi connectivity index (χ3v) is 5.03. The molecule has 1 aliphatic carbocycles. The highest BCUT2D eigenvalue weighted by molar-refractivity contribution is 5.90. The second-order valence-corrected chi connectivity index (χ2v) is 6.91. The summed E-state index contributed by atoms with van der Waals surface area (Å²) in [5.74, 6) is -0.759. The van der Waals surface area contributed by atoms with Crippen LogP contribution in [-0.4, -0.2) is 48.0 Å². The van der Waals surface area contributed by atoms with Crippen molar-refractivity contribution >= 4 is 11.9 Å². The highest BCUT2D eigenvalue weighted by Gasteiger charge is 2.50. The molecule has 0 aromatic carbocycles. The van der Waals surface area contributed by atoms with E-state index in [4.69, 9.17) is 9.84 Å². The molecule has 0 aliphatic heterocycles. The molecule has 0 radical (unpaired) electrons. The molecule has 1 aliphatic rings. The lowest BCUT2D eigenvalue weighted by atomic mass is 9.67. The summed E-state index contributed by atoms with van der Waals surface area (Å²) in [5, 5.41) is 21.9. The van der Waals surface area contributed by atoms with E-state index in [1.165, 1.54) is 7.11 Å². The van der Waals surface area contributed by atoms with E-state index in [0.717, 1.165) is 0 Å². The molecule has 3 N–H and O–H groups in total. The van der Waals surface area contributed by atoms with Crippen molar-refractivity contribution in [3.8, 4) is 0 Å². The summed E-state index contributed by atoms with van der Waals surface area (Å²) < 4.78 is 4.78. The molecule has 0 aromatic heterocycles. The molecule has 21 heavy (non-hydrogen) atoms. The topological polar surface area (TPSA) is 95.9 Å². The van der Waals surface area contributed by atoms with Crippen LogP contribution in [0.2, 0.25) is 0 Å². The molecule has 0 aromatic rings. The summed E-state index contributed by atoms with van der Waals surface area (Å²) in [6.07, 6.45) is 0.351. The number of esters is 1. The van der Waals surface area contributed by atoms with Crippen LogP contribution in [0.1, 0.15) is 40.5 Å². The Hall–Kier alpha value is -1.14. The molecule has 0 bridgehead atoms. The van der Waals surface area contributed by atoms with E-state index in [9.17, 15) is 14.7 Å². The van der Waals surface area contributed by atoms with Crippen LogP contribution in [0.15, 0.2) is 0 Å². The fourth-order valence-corrected chi connectivity index (χ4v) is 2.57. The maximum Gasteiger partial charge on any atom is 0.312 e. The van der Waals surface area contributed by atoms with Crippen molar-refractivity contribution in [1.29, 1.82) is 0 Å². The quantitative estimate of drug-likeness (QED) is 0.641. The van der Waals surface area contributed by atoms with E-state index in [1.54, 1.807) is 27.7 Å². The summed E-state index contributed by atoms with van der Waals surface area (Å²) in [6.45, 7) is 6.70. The molecule has 1 amide bonds. The first kappa shape index (κ1) is 17.9. The first-order valence-corrected chi connectivity index (χ1v) is 7.26. The van der Waals surface area contributed by atoms with Crippen molar-refractivity contribution in [3.63, 3.8) is 0 Å². The maximum atomic E-state index is 12.5. The lowest BCUT2D eigenvalue weighted by Gasteiger charge is -2.38. The predicted molar refractivity (Wildman–Crippen MR) is 77.3 cm³/mol. The monoisotopic (exact) mass is 301 g/mol.